The van der Waals surface area contributed by atoms with Gasteiger partial charge in [0.2, 0.25) is 5.91 Å². The molecule has 2 rings (SSSR count). The van der Waals surface area contributed by atoms with E-state index in [0.29, 0.717) is 27.6 Å². The molecular weight excluding hydrogens is 325 g/mol. The molecule has 21 heavy (non-hydrogen) atoms. The van der Waals surface area contributed by atoms with E-state index in [9.17, 15) is 4.79 Å². The maximum absolute atomic E-state index is 12.3. The number of rotatable bonds is 4. The van der Waals surface area contributed by atoms with E-state index in [-0.39, 0.29) is 5.91 Å². The highest BCUT2D eigenvalue weighted by molar-refractivity contribution is 7.99. The minimum atomic E-state index is 0.249. The molecule has 0 radical (unpaired) electrons. The third-order valence-corrected chi connectivity index (χ3v) is 5.43. The van der Waals surface area contributed by atoms with Gasteiger partial charge in [0.1, 0.15) is 0 Å². The second-order valence-corrected chi connectivity index (χ2v) is 7.79. The average molecular weight is 346 g/mol. The van der Waals surface area contributed by atoms with Gasteiger partial charge >= 0.3 is 0 Å². The fourth-order valence-electron chi connectivity index (χ4n) is 2.84. The van der Waals surface area contributed by atoms with E-state index < -0.39 is 0 Å². The van der Waals surface area contributed by atoms with Crippen LogP contribution in [0.25, 0.3) is 0 Å². The number of nitrogens with zero attached hydrogens (tertiary/aromatic N) is 1. The lowest BCUT2D eigenvalue weighted by atomic mass is 9.92. The third-order valence-electron chi connectivity index (χ3n) is 3.70. The molecule has 1 fully saturated rings. The van der Waals surface area contributed by atoms with Crippen LogP contribution in [0.2, 0.25) is 10.0 Å². The summed E-state index contributed by atoms with van der Waals surface area (Å²) in [5.41, 5.74) is 1.10. The van der Waals surface area contributed by atoms with Crippen molar-refractivity contribution in [3.8, 4) is 0 Å². The Bertz CT molecular complexity index is 499. The molecule has 1 aromatic rings. The average Bonchev–Trinajstić information content (AvgIpc) is 2.41. The molecule has 2 nitrogen and oxygen atoms in total. The number of carbonyl (C=O) groups is 1. The summed E-state index contributed by atoms with van der Waals surface area (Å²) < 4.78 is 0. The summed E-state index contributed by atoms with van der Waals surface area (Å²) in [5, 5.41) is 1.14. The van der Waals surface area contributed by atoms with E-state index >= 15 is 0 Å². The van der Waals surface area contributed by atoms with Crippen molar-refractivity contribution in [3.63, 3.8) is 0 Å². The van der Waals surface area contributed by atoms with Crippen molar-refractivity contribution in [3.05, 3.63) is 33.8 Å². The lowest BCUT2D eigenvalue weighted by Gasteiger charge is -2.35. The van der Waals surface area contributed by atoms with Crippen molar-refractivity contribution in [2.24, 2.45) is 11.8 Å². The SMILES string of the molecule is CC1CC(C)CN(C(=O)CSCc2ccc(Cl)c(Cl)c2)C1. The number of thioether (sulfide) groups is 1. The molecule has 0 spiro atoms. The van der Waals surface area contributed by atoms with Crippen molar-refractivity contribution in [2.75, 3.05) is 18.8 Å². The quantitative estimate of drug-likeness (QED) is 0.785. The van der Waals surface area contributed by atoms with Gasteiger partial charge < -0.3 is 4.90 Å². The zero-order valence-corrected chi connectivity index (χ0v) is 14.8. The first kappa shape index (κ1) is 17.0. The van der Waals surface area contributed by atoms with Gasteiger partial charge in [-0.3, -0.25) is 4.79 Å². The van der Waals surface area contributed by atoms with E-state index in [2.05, 4.69) is 13.8 Å². The van der Waals surface area contributed by atoms with Gasteiger partial charge in [-0.2, -0.15) is 0 Å². The second-order valence-electron chi connectivity index (χ2n) is 5.99. The third kappa shape index (κ3) is 5.08. The highest BCUT2D eigenvalue weighted by Crippen LogP contribution is 2.25. The summed E-state index contributed by atoms with van der Waals surface area (Å²) in [6, 6.07) is 5.62. The molecule has 0 N–H and O–H groups in total. The molecular formula is C16H21Cl2NOS. The van der Waals surface area contributed by atoms with Gasteiger partial charge in [0.05, 0.1) is 15.8 Å². The first-order chi connectivity index (χ1) is 9.95. The number of benzene rings is 1. The summed E-state index contributed by atoms with van der Waals surface area (Å²) in [4.78, 5) is 14.3. The molecule has 0 aliphatic carbocycles. The molecule has 1 aromatic carbocycles. The molecule has 0 bridgehead atoms. The highest BCUT2D eigenvalue weighted by Gasteiger charge is 2.24. The van der Waals surface area contributed by atoms with Crippen LogP contribution in [-0.2, 0) is 10.5 Å². The Morgan fingerprint density at radius 1 is 1.24 bits per heavy atom. The van der Waals surface area contributed by atoms with Gasteiger partial charge in [-0.15, -0.1) is 11.8 Å². The predicted octanol–water partition coefficient (Wildman–Crippen LogP) is 4.73. The molecule has 2 atom stereocenters. The Kier molecular flexibility index (Phi) is 6.27. The van der Waals surface area contributed by atoms with Crippen molar-refractivity contribution < 1.29 is 4.79 Å². The van der Waals surface area contributed by atoms with E-state index in [4.69, 9.17) is 23.2 Å². The number of piperidine rings is 1. The van der Waals surface area contributed by atoms with Crippen LogP contribution in [-0.4, -0.2) is 29.6 Å². The maximum Gasteiger partial charge on any atom is 0.232 e. The summed E-state index contributed by atoms with van der Waals surface area (Å²) in [6.07, 6.45) is 1.22. The monoisotopic (exact) mass is 345 g/mol. The van der Waals surface area contributed by atoms with Gasteiger partial charge in [-0.05, 0) is 36.0 Å². The van der Waals surface area contributed by atoms with Crippen LogP contribution in [0.3, 0.4) is 0 Å². The van der Waals surface area contributed by atoms with Gasteiger partial charge in [0.25, 0.3) is 0 Å². The minimum absolute atomic E-state index is 0.249. The summed E-state index contributed by atoms with van der Waals surface area (Å²) in [6.45, 7) is 6.24. The number of halogens is 2. The number of hydrogen-bond donors (Lipinski definition) is 0. The normalized spacial score (nSPS) is 22.4. The molecule has 1 aliphatic heterocycles. The van der Waals surface area contributed by atoms with Gasteiger partial charge in [0, 0.05) is 18.8 Å². The lowest BCUT2D eigenvalue weighted by Crippen LogP contribution is -2.43. The second kappa shape index (κ2) is 7.75. The molecule has 5 heteroatoms. The van der Waals surface area contributed by atoms with Crippen LogP contribution in [0, 0.1) is 11.8 Å². The van der Waals surface area contributed by atoms with E-state index in [1.165, 1.54) is 6.42 Å². The Hall–Kier alpha value is -0.380. The molecule has 1 heterocycles. The van der Waals surface area contributed by atoms with E-state index in [1.54, 1.807) is 17.8 Å². The highest BCUT2D eigenvalue weighted by atomic mass is 35.5. The molecule has 0 aromatic heterocycles. The Labute approximate surface area is 141 Å². The Morgan fingerprint density at radius 3 is 2.52 bits per heavy atom. The minimum Gasteiger partial charge on any atom is -0.341 e. The molecule has 116 valence electrons. The van der Waals surface area contributed by atoms with Gasteiger partial charge in [-0.25, -0.2) is 0 Å². The van der Waals surface area contributed by atoms with Crippen LogP contribution in [0.15, 0.2) is 18.2 Å². The van der Waals surface area contributed by atoms with Crippen LogP contribution < -0.4 is 0 Å². The van der Waals surface area contributed by atoms with E-state index in [0.717, 1.165) is 24.4 Å². The Morgan fingerprint density at radius 2 is 1.90 bits per heavy atom. The number of carbonyl (C=O) groups excluding carboxylic acids is 1. The summed E-state index contributed by atoms with van der Waals surface area (Å²) in [5.74, 6) is 2.77. The maximum atomic E-state index is 12.3. The standard InChI is InChI=1S/C16H21Cl2NOS/c1-11-5-12(2)8-19(7-11)16(20)10-21-9-13-3-4-14(17)15(18)6-13/h3-4,6,11-12H,5,7-10H2,1-2H3. The molecule has 1 saturated heterocycles. The van der Waals surface area contributed by atoms with Crippen LogP contribution in [0.5, 0.6) is 0 Å². The number of likely N-dealkylation sites (tertiary alicyclic amines) is 1. The largest absolute Gasteiger partial charge is 0.341 e. The van der Waals surface area contributed by atoms with Crippen molar-refractivity contribution >= 4 is 40.9 Å². The lowest BCUT2D eigenvalue weighted by molar-refractivity contribution is -0.130. The van der Waals surface area contributed by atoms with Gasteiger partial charge in [0.15, 0.2) is 0 Å². The fourth-order valence-corrected chi connectivity index (χ4v) is 4.04. The fraction of sp³-hybridized carbons (Fsp3) is 0.562. The van der Waals surface area contributed by atoms with Crippen molar-refractivity contribution in [1.29, 1.82) is 0 Å². The molecule has 1 aliphatic rings. The predicted molar refractivity (Wildman–Crippen MR) is 92.1 cm³/mol. The molecule has 2 unspecified atom stereocenters. The molecule has 1 amide bonds. The number of amides is 1. The first-order valence-corrected chi connectivity index (χ1v) is 9.16. The van der Waals surface area contributed by atoms with Gasteiger partial charge in [-0.1, -0.05) is 43.1 Å². The number of hydrogen-bond acceptors (Lipinski definition) is 2. The zero-order chi connectivity index (χ0) is 15.4. The Balaban J connectivity index is 1.80. The van der Waals surface area contributed by atoms with Crippen LogP contribution in [0.4, 0.5) is 0 Å². The van der Waals surface area contributed by atoms with Crippen molar-refractivity contribution in [2.45, 2.75) is 26.0 Å². The smallest absolute Gasteiger partial charge is 0.232 e. The van der Waals surface area contributed by atoms with Crippen LogP contribution >= 0.6 is 35.0 Å². The van der Waals surface area contributed by atoms with Crippen LogP contribution in [0.1, 0.15) is 25.8 Å². The first-order valence-electron chi connectivity index (χ1n) is 7.25. The van der Waals surface area contributed by atoms with Crippen molar-refractivity contribution in [1.82, 2.24) is 4.90 Å². The topological polar surface area (TPSA) is 20.3 Å². The van der Waals surface area contributed by atoms with E-state index in [1.807, 2.05) is 17.0 Å². The zero-order valence-electron chi connectivity index (χ0n) is 12.4. The molecule has 0 saturated carbocycles. The summed E-state index contributed by atoms with van der Waals surface area (Å²) in [7, 11) is 0. The summed E-state index contributed by atoms with van der Waals surface area (Å²) >= 11 is 13.5.